The van der Waals surface area contributed by atoms with Crippen molar-refractivity contribution in [1.82, 2.24) is 9.88 Å². The van der Waals surface area contributed by atoms with E-state index in [0.717, 1.165) is 57.9 Å². The molecule has 1 N–H and O–H groups in total. The predicted octanol–water partition coefficient (Wildman–Crippen LogP) is 4.49. The van der Waals surface area contributed by atoms with Gasteiger partial charge in [0.2, 0.25) is 0 Å². The van der Waals surface area contributed by atoms with Gasteiger partial charge in [0.15, 0.2) is 5.78 Å². The lowest BCUT2D eigenvalue weighted by molar-refractivity contribution is -0.114. The van der Waals surface area contributed by atoms with Crippen LogP contribution in [0, 0.1) is 5.92 Å². The van der Waals surface area contributed by atoms with Crippen LogP contribution in [0.4, 0.5) is 0 Å². The third-order valence-corrected chi connectivity index (χ3v) is 7.89. The SMILES string of the molecule is CC(=O)C1=CC2CCC1N(CCc1c(S(=O)c3ccccc3)[nH]c3ccccc13)C2. The van der Waals surface area contributed by atoms with Crippen LogP contribution in [0.5, 0.6) is 0 Å². The molecule has 2 aromatic carbocycles. The Labute approximate surface area is 179 Å². The molecule has 154 valence electrons. The second-order valence-electron chi connectivity index (χ2n) is 8.34. The average molecular weight is 419 g/mol. The predicted molar refractivity (Wildman–Crippen MR) is 120 cm³/mol. The van der Waals surface area contributed by atoms with Crippen LogP contribution in [0.15, 0.2) is 76.2 Å². The Kier molecular flexibility index (Phi) is 5.17. The van der Waals surface area contributed by atoms with Crippen molar-refractivity contribution in [3.05, 3.63) is 71.8 Å². The van der Waals surface area contributed by atoms with E-state index in [1.165, 1.54) is 6.42 Å². The third-order valence-electron chi connectivity index (χ3n) is 6.47. The van der Waals surface area contributed by atoms with Crippen LogP contribution in [0.2, 0.25) is 0 Å². The van der Waals surface area contributed by atoms with Crippen LogP contribution in [0.1, 0.15) is 25.3 Å². The molecule has 0 amide bonds. The number of hydrogen-bond acceptors (Lipinski definition) is 3. The molecule has 1 aromatic heterocycles. The summed E-state index contributed by atoms with van der Waals surface area (Å²) in [6.07, 6.45) is 5.25. The molecule has 2 aliphatic heterocycles. The quantitative estimate of drug-likeness (QED) is 0.642. The molecule has 30 heavy (non-hydrogen) atoms. The summed E-state index contributed by atoms with van der Waals surface area (Å²) in [5, 5.41) is 1.94. The molecule has 0 radical (unpaired) electrons. The molecular formula is C25H26N2O2S. The number of hydrogen-bond donors (Lipinski definition) is 1. The van der Waals surface area contributed by atoms with Crippen LogP contribution in [0.25, 0.3) is 10.9 Å². The molecule has 2 bridgehead atoms. The average Bonchev–Trinajstić information content (AvgIpc) is 3.16. The van der Waals surface area contributed by atoms with Crippen molar-refractivity contribution in [3.8, 4) is 0 Å². The van der Waals surface area contributed by atoms with E-state index in [-0.39, 0.29) is 11.8 Å². The van der Waals surface area contributed by atoms with Gasteiger partial charge >= 0.3 is 0 Å². The van der Waals surface area contributed by atoms with Crippen molar-refractivity contribution in [1.29, 1.82) is 0 Å². The second-order valence-corrected chi connectivity index (χ2v) is 9.75. The van der Waals surface area contributed by atoms with E-state index in [1.807, 2.05) is 48.5 Å². The number of para-hydroxylation sites is 1. The molecular weight excluding hydrogens is 392 g/mol. The first-order chi connectivity index (χ1) is 14.6. The van der Waals surface area contributed by atoms with Gasteiger partial charge in [-0.1, -0.05) is 42.5 Å². The number of nitrogens with zero attached hydrogens (tertiary/aromatic N) is 1. The van der Waals surface area contributed by atoms with E-state index in [1.54, 1.807) is 6.92 Å². The summed E-state index contributed by atoms with van der Waals surface area (Å²) < 4.78 is 13.4. The number of ketones is 1. The van der Waals surface area contributed by atoms with Crippen molar-refractivity contribution in [3.63, 3.8) is 0 Å². The maximum absolute atomic E-state index is 13.4. The summed E-state index contributed by atoms with van der Waals surface area (Å²) in [4.78, 5) is 18.8. The lowest BCUT2D eigenvalue weighted by atomic mass is 9.79. The van der Waals surface area contributed by atoms with Gasteiger partial charge < -0.3 is 4.98 Å². The number of Topliss-reactive ketones (excluding diaryl/α,β-unsaturated/α-hetero) is 1. The third kappa shape index (κ3) is 3.46. The van der Waals surface area contributed by atoms with E-state index in [9.17, 15) is 9.00 Å². The summed E-state index contributed by atoms with van der Waals surface area (Å²) in [6.45, 7) is 3.57. The normalized spacial score (nSPS) is 22.2. The maximum atomic E-state index is 13.4. The number of H-pyrrole nitrogens is 1. The molecule has 0 spiro atoms. The highest BCUT2D eigenvalue weighted by Gasteiger charge is 2.36. The van der Waals surface area contributed by atoms with Crippen LogP contribution in [0.3, 0.4) is 0 Å². The molecule has 5 heteroatoms. The first kappa shape index (κ1) is 19.5. The van der Waals surface area contributed by atoms with E-state index >= 15 is 0 Å². The fourth-order valence-electron chi connectivity index (χ4n) is 5.03. The maximum Gasteiger partial charge on any atom is 0.157 e. The zero-order valence-corrected chi connectivity index (χ0v) is 18.0. The van der Waals surface area contributed by atoms with E-state index in [0.29, 0.717) is 5.92 Å². The Hall–Kier alpha value is -2.50. The smallest absolute Gasteiger partial charge is 0.157 e. The van der Waals surface area contributed by atoms with E-state index in [2.05, 4.69) is 22.0 Å². The minimum absolute atomic E-state index is 0.201. The molecule has 1 fully saturated rings. The van der Waals surface area contributed by atoms with Crippen LogP contribution in [-0.4, -0.2) is 39.0 Å². The topological polar surface area (TPSA) is 53.2 Å². The number of benzene rings is 2. The first-order valence-electron chi connectivity index (χ1n) is 10.6. The minimum Gasteiger partial charge on any atom is -0.347 e. The van der Waals surface area contributed by atoms with Crippen molar-refractivity contribution in [2.45, 2.75) is 42.1 Å². The highest BCUT2D eigenvalue weighted by Crippen LogP contribution is 2.35. The number of aromatic nitrogens is 1. The summed E-state index contributed by atoms with van der Waals surface area (Å²) in [6, 6.07) is 18.1. The number of carbonyl (C=O) groups is 1. The van der Waals surface area contributed by atoms with Crippen molar-refractivity contribution < 1.29 is 9.00 Å². The van der Waals surface area contributed by atoms with Gasteiger partial charge in [0.25, 0.3) is 0 Å². The molecule has 4 nitrogen and oxygen atoms in total. The summed E-state index contributed by atoms with van der Waals surface area (Å²) in [5.41, 5.74) is 3.14. The molecule has 3 atom stereocenters. The van der Waals surface area contributed by atoms with Crippen molar-refractivity contribution >= 4 is 27.5 Å². The van der Waals surface area contributed by atoms with E-state index in [4.69, 9.17) is 0 Å². The fourth-order valence-corrected chi connectivity index (χ4v) is 6.30. The van der Waals surface area contributed by atoms with Gasteiger partial charge in [0, 0.05) is 40.5 Å². The molecule has 3 unspecified atom stereocenters. The van der Waals surface area contributed by atoms with Gasteiger partial charge in [-0.25, -0.2) is 4.21 Å². The fraction of sp³-hybridized carbons (Fsp3) is 0.320. The monoisotopic (exact) mass is 418 g/mol. The molecule has 6 rings (SSSR count). The largest absolute Gasteiger partial charge is 0.347 e. The minimum atomic E-state index is -1.25. The lowest BCUT2D eigenvalue weighted by Crippen LogP contribution is -2.49. The number of fused-ring (bicyclic) bond motifs is 3. The highest BCUT2D eigenvalue weighted by molar-refractivity contribution is 7.85. The van der Waals surface area contributed by atoms with E-state index < -0.39 is 10.8 Å². The first-order valence-corrected chi connectivity index (χ1v) is 11.8. The molecule has 3 heterocycles. The molecule has 3 aromatic rings. The Morgan fingerprint density at radius 2 is 1.87 bits per heavy atom. The van der Waals surface area contributed by atoms with Crippen molar-refractivity contribution in [2.75, 3.05) is 13.1 Å². The van der Waals surface area contributed by atoms with Crippen LogP contribution in [-0.2, 0) is 22.0 Å². The second kappa shape index (κ2) is 7.97. The van der Waals surface area contributed by atoms with Gasteiger partial charge in [-0.2, -0.15) is 0 Å². The highest BCUT2D eigenvalue weighted by atomic mass is 32.2. The lowest BCUT2D eigenvalue weighted by Gasteiger charge is -2.44. The Bertz CT molecular complexity index is 1150. The Morgan fingerprint density at radius 1 is 1.10 bits per heavy atom. The van der Waals surface area contributed by atoms with Crippen molar-refractivity contribution in [2.24, 2.45) is 5.92 Å². The number of nitrogens with one attached hydrogen (secondary N) is 1. The zero-order chi connectivity index (χ0) is 20.7. The summed E-state index contributed by atoms with van der Waals surface area (Å²) in [7, 11) is -1.25. The molecule has 1 aliphatic carbocycles. The molecule has 1 saturated heterocycles. The number of carbonyl (C=O) groups excluding carboxylic acids is 1. The van der Waals surface area contributed by atoms with Gasteiger partial charge in [-0.05, 0) is 55.9 Å². The van der Waals surface area contributed by atoms with Gasteiger partial charge in [0.05, 0.1) is 0 Å². The number of rotatable bonds is 6. The standard InChI is InChI=1S/C25H26N2O2S/c1-17(28)22-15-18-11-12-24(22)27(16-18)14-13-21-20-9-5-6-10-23(20)26-25(21)30(29)19-7-3-2-4-8-19/h2-10,15,18,24,26H,11-14,16H2,1H3. The number of piperidine rings is 1. The van der Waals surface area contributed by atoms with Gasteiger partial charge in [-0.3, -0.25) is 9.69 Å². The molecule has 3 aliphatic rings. The van der Waals surface area contributed by atoms with Gasteiger partial charge in [0.1, 0.15) is 15.8 Å². The summed E-state index contributed by atoms with van der Waals surface area (Å²) in [5.74, 6) is 0.683. The van der Waals surface area contributed by atoms with Crippen LogP contribution >= 0.6 is 0 Å². The molecule has 0 saturated carbocycles. The van der Waals surface area contributed by atoms with Gasteiger partial charge in [-0.15, -0.1) is 0 Å². The Morgan fingerprint density at radius 3 is 2.63 bits per heavy atom. The summed E-state index contributed by atoms with van der Waals surface area (Å²) >= 11 is 0. The zero-order valence-electron chi connectivity index (χ0n) is 17.1. The van der Waals surface area contributed by atoms with Crippen LogP contribution < -0.4 is 0 Å². The Balaban J connectivity index is 1.45. The number of aromatic amines is 1.